The van der Waals surface area contributed by atoms with E-state index in [9.17, 15) is 9.59 Å². The second kappa shape index (κ2) is 8.81. The lowest BCUT2D eigenvalue weighted by atomic mass is 9.72. The number of Topliss-reactive ketones (excluding diaryl/α,β-unsaturated/α-hetero) is 1. The van der Waals surface area contributed by atoms with Gasteiger partial charge in [0.1, 0.15) is 12.5 Å². The summed E-state index contributed by atoms with van der Waals surface area (Å²) in [6.45, 7) is 4.78. The second-order valence-corrected chi connectivity index (χ2v) is 7.14. The summed E-state index contributed by atoms with van der Waals surface area (Å²) in [6, 6.07) is 7.36. The Morgan fingerprint density at radius 2 is 2.04 bits per heavy atom. The van der Waals surface area contributed by atoms with Crippen molar-refractivity contribution in [1.29, 1.82) is 0 Å². The molecule has 0 saturated carbocycles. The minimum atomic E-state index is -0.660. The molecule has 144 valence electrons. The average molecular weight is 390 g/mol. The molecule has 5 nitrogen and oxygen atoms in total. The second-order valence-electron chi connectivity index (χ2n) is 6.73. The van der Waals surface area contributed by atoms with E-state index in [0.29, 0.717) is 35.9 Å². The van der Waals surface area contributed by atoms with E-state index in [1.807, 2.05) is 32.0 Å². The highest BCUT2D eigenvalue weighted by atomic mass is 35.5. The highest BCUT2D eigenvalue weighted by Crippen LogP contribution is 2.45. The Balaban J connectivity index is 1.99. The Bertz CT molecular complexity index is 799. The van der Waals surface area contributed by atoms with Gasteiger partial charge in [-0.2, -0.15) is 0 Å². The van der Waals surface area contributed by atoms with Crippen molar-refractivity contribution < 1.29 is 19.1 Å². The number of aliphatic imine (C=N–C) groups is 1. The van der Waals surface area contributed by atoms with E-state index in [0.717, 1.165) is 24.1 Å². The van der Waals surface area contributed by atoms with Crippen LogP contribution in [0.25, 0.3) is 0 Å². The van der Waals surface area contributed by atoms with Crippen LogP contribution < -0.4 is 0 Å². The minimum absolute atomic E-state index is 0.0459. The number of esters is 1. The van der Waals surface area contributed by atoms with Crippen LogP contribution in [0.3, 0.4) is 0 Å². The molecule has 1 aromatic rings. The van der Waals surface area contributed by atoms with Gasteiger partial charge in [-0.05, 0) is 38.3 Å². The maximum Gasteiger partial charge on any atom is 0.315 e. The number of carbonyl (C=O) groups is 2. The largest absolute Gasteiger partial charge is 0.463 e. The summed E-state index contributed by atoms with van der Waals surface area (Å²) in [7, 11) is 0. The van der Waals surface area contributed by atoms with E-state index in [-0.39, 0.29) is 12.4 Å². The van der Waals surface area contributed by atoms with Gasteiger partial charge in [-0.15, -0.1) is 0 Å². The number of halogens is 1. The molecule has 0 saturated heterocycles. The van der Waals surface area contributed by atoms with Crippen molar-refractivity contribution in [1.82, 2.24) is 0 Å². The molecule has 2 aliphatic rings. The van der Waals surface area contributed by atoms with E-state index < -0.39 is 17.8 Å². The summed E-state index contributed by atoms with van der Waals surface area (Å²) in [5.41, 5.74) is 2.83. The van der Waals surface area contributed by atoms with Crippen molar-refractivity contribution in [2.24, 2.45) is 10.9 Å². The number of benzene rings is 1. The van der Waals surface area contributed by atoms with Crippen molar-refractivity contribution in [3.63, 3.8) is 0 Å². The Hall–Kier alpha value is -1.98. The molecule has 0 N–H and O–H groups in total. The number of carbonyl (C=O) groups excluding carboxylic acids is 2. The zero-order chi connectivity index (χ0) is 19.4. The average Bonchev–Trinajstić information content (AvgIpc) is 2.65. The molecular weight excluding hydrogens is 366 g/mol. The van der Waals surface area contributed by atoms with Gasteiger partial charge in [-0.3, -0.25) is 14.6 Å². The summed E-state index contributed by atoms with van der Waals surface area (Å²) < 4.78 is 10.7. The van der Waals surface area contributed by atoms with Crippen molar-refractivity contribution in [3.05, 3.63) is 46.1 Å². The number of hydrogen-bond donors (Lipinski definition) is 0. The molecule has 1 aromatic carbocycles. The van der Waals surface area contributed by atoms with Gasteiger partial charge in [0.25, 0.3) is 0 Å². The molecule has 2 atom stereocenters. The van der Waals surface area contributed by atoms with Crippen LogP contribution >= 0.6 is 11.6 Å². The van der Waals surface area contributed by atoms with Crippen molar-refractivity contribution in [2.45, 2.75) is 39.0 Å². The summed E-state index contributed by atoms with van der Waals surface area (Å²) >= 11 is 6.45. The van der Waals surface area contributed by atoms with Crippen molar-refractivity contribution in [3.8, 4) is 0 Å². The summed E-state index contributed by atoms with van der Waals surface area (Å²) in [5, 5.41) is 0.537. The fourth-order valence-electron chi connectivity index (χ4n) is 3.81. The number of nitrogens with zero attached hydrogens (tertiary/aromatic N) is 1. The molecule has 1 heterocycles. The van der Waals surface area contributed by atoms with Gasteiger partial charge in [0, 0.05) is 41.0 Å². The van der Waals surface area contributed by atoms with Gasteiger partial charge in [0.15, 0.2) is 5.78 Å². The van der Waals surface area contributed by atoms with Crippen molar-refractivity contribution >= 4 is 29.1 Å². The Labute approximate surface area is 164 Å². The number of rotatable bonds is 6. The number of ketones is 1. The molecular formula is C21H24ClNO4. The van der Waals surface area contributed by atoms with Gasteiger partial charge < -0.3 is 9.47 Å². The highest BCUT2D eigenvalue weighted by molar-refractivity contribution is 6.31. The SMILES string of the molecule is CCOCCOC(=O)C1C(C)=NC2=C(C(=O)CCC2)[C@@H]1c1ccccc1Cl. The normalized spacial score (nSPS) is 22.3. The third-order valence-corrected chi connectivity index (χ3v) is 5.35. The van der Waals surface area contributed by atoms with Gasteiger partial charge in [-0.1, -0.05) is 29.8 Å². The maximum atomic E-state index is 12.9. The zero-order valence-electron chi connectivity index (χ0n) is 15.7. The van der Waals surface area contributed by atoms with Crippen LogP contribution in [-0.2, 0) is 19.1 Å². The standard InChI is InChI=1S/C21H24ClNO4/c1-3-26-11-12-27-21(25)18-13(2)23-16-9-6-10-17(24)20(16)19(18)14-7-4-5-8-15(14)22/h4-5,7-8,18-19H,3,6,9-12H2,1-2H3/t18?,19-/m1/s1. The number of allylic oxidation sites excluding steroid dienone is 2. The zero-order valence-corrected chi connectivity index (χ0v) is 16.4. The number of ether oxygens (including phenoxy) is 2. The van der Waals surface area contributed by atoms with Crippen LogP contribution in [0.5, 0.6) is 0 Å². The van der Waals surface area contributed by atoms with Crippen molar-refractivity contribution in [2.75, 3.05) is 19.8 Å². The van der Waals surface area contributed by atoms with Gasteiger partial charge in [0.05, 0.1) is 6.61 Å². The highest BCUT2D eigenvalue weighted by Gasteiger charge is 2.43. The van der Waals surface area contributed by atoms with Crippen LogP contribution in [-0.4, -0.2) is 37.3 Å². The van der Waals surface area contributed by atoms with Crippen LogP contribution in [0.2, 0.25) is 5.02 Å². The lowest BCUT2D eigenvalue weighted by molar-refractivity contribution is -0.148. The first kappa shape index (κ1) is 19.8. The van der Waals surface area contributed by atoms with Gasteiger partial charge in [0.2, 0.25) is 0 Å². The number of hydrogen-bond acceptors (Lipinski definition) is 5. The Morgan fingerprint density at radius 1 is 1.26 bits per heavy atom. The molecule has 6 heteroatoms. The summed E-state index contributed by atoms with van der Waals surface area (Å²) in [5.74, 6) is -1.47. The van der Waals surface area contributed by atoms with E-state index in [2.05, 4.69) is 4.99 Å². The van der Waals surface area contributed by atoms with Crippen LogP contribution in [0.15, 0.2) is 40.5 Å². The first-order chi connectivity index (χ1) is 13.0. The van der Waals surface area contributed by atoms with E-state index in [4.69, 9.17) is 21.1 Å². The third-order valence-electron chi connectivity index (χ3n) is 5.00. The molecule has 27 heavy (non-hydrogen) atoms. The fraction of sp³-hybridized carbons (Fsp3) is 0.476. The predicted octanol–water partition coefficient (Wildman–Crippen LogP) is 4.10. The first-order valence-electron chi connectivity index (χ1n) is 9.34. The molecule has 0 bridgehead atoms. The van der Waals surface area contributed by atoms with E-state index in [1.54, 1.807) is 6.07 Å². The molecule has 0 fully saturated rings. The maximum absolute atomic E-state index is 12.9. The molecule has 1 unspecified atom stereocenters. The molecule has 0 amide bonds. The Kier molecular flexibility index (Phi) is 6.45. The lowest BCUT2D eigenvalue weighted by Crippen LogP contribution is -2.37. The summed E-state index contributed by atoms with van der Waals surface area (Å²) in [4.78, 5) is 30.3. The third kappa shape index (κ3) is 4.14. The molecule has 0 spiro atoms. The minimum Gasteiger partial charge on any atom is -0.463 e. The molecule has 1 aliphatic carbocycles. The molecule has 3 rings (SSSR count). The van der Waals surface area contributed by atoms with Crippen LogP contribution in [0.4, 0.5) is 0 Å². The fourth-order valence-corrected chi connectivity index (χ4v) is 4.06. The predicted molar refractivity (Wildman–Crippen MR) is 104 cm³/mol. The first-order valence-corrected chi connectivity index (χ1v) is 9.72. The lowest BCUT2D eigenvalue weighted by Gasteiger charge is -2.34. The molecule has 0 radical (unpaired) electrons. The van der Waals surface area contributed by atoms with Crippen LogP contribution in [0.1, 0.15) is 44.6 Å². The molecule has 0 aromatic heterocycles. The van der Waals surface area contributed by atoms with Crippen LogP contribution in [0, 0.1) is 5.92 Å². The van der Waals surface area contributed by atoms with E-state index in [1.165, 1.54) is 0 Å². The van der Waals surface area contributed by atoms with Gasteiger partial charge in [-0.25, -0.2) is 0 Å². The molecule has 1 aliphatic heterocycles. The monoisotopic (exact) mass is 389 g/mol. The van der Waals surface area contributed by atoms with E-state index >= 15 is 0 Å². The Morgan fingerprint density at radius 3 is 2.78 bits per heavy atom. The van der Waals surface area contributed by atoms with Gasteiger partial charge >= 0.3 is 5.97 Å². The quantitative estimate of drug-likeness (QED) is 0.542. The summed E-state index contributed by atoms with van der Waals surface area (Å²) in [6.07, 6.45) is 2.00. The smallest absolute Gasteiger partial charge is 0.315 e. The topological polar surface area (TPSA) is 65.0 Å².